The molecule has 0 saturated heterocycles. The first-order valence-electron chi connectivity index (χ1n) is 14.1. The molecular formula is C40H25N3. The molecule has 0 bridgehead atoms. The van der Waals surface area contributed by atoms with Crippen molar-refractivity contribution in [2.75, 3.05) is 4.90 Å². The first-order chi connectivity index (χ1) is 21.2. The van der Waals surface area contributed by atoms with Gasteiger partial charge in [-0.2, -0.15) is 10.5 Å². The SMILES string of the molecule is N#Cc1ccc(-c2ccc(N(c3ccccc3)c3ccc(-c4ccc(C#N)c5ccccc45)cc3)cc2)c2ccccc12. The number of nitriles is 2. The van der Waals surface area contributed by atoms with E-state index in [1.165, 1.54) is 0 Å². The van der Waals surface area contributed by atoms with Crippen LogP contribution in [0.4, 0.5) is 17.1 Å². The molecule has 0 saturated carbocycles. The van der Waals surface area contributed by atoms with Crippen LogP contribution in [0.5, 0.6) is 0 Å². The summed E-state index contributed by atoms with van der Waals surface area (Å²) in [4.78, 5) is 2.25. The van der Waals surface area contributed by atoms with Crippen molar-refractivity contribution >= 4 is 38.6 Å². The van der Waals surface area contributed by atoms with Crippen LogP contribution in [0, 0.1) is 22.7 Å². The second-order valence-corrected chi connectivity index (χ2v) is 10.4. The standard InChI is InChI=1S/C40H25N3/c41-26-30-18-24-37(39-12-6-4-10-35(30)39)28-14-20-33(21-15-28)43(32-8-2-1-3-9-32)34-22-16-29(17-23-34)38-25-19-31(27-42)36-11-5-7-13-40(36)38/h1-25H. The van der Waals surface area contributed by atoms with Gasteiger partial charge in [0.15, 0.2) is 0 Å². The van der Waals surface area contributed by atoms with E-state index in [1.54, 1.807) is 0 Å². The van der Waals surface area contributed by atoms with E-state index >= 15 is 0 Å². The zero-order valence-corrected chi connectivity index (χ0v) is 23.3. The molecule has 0 atom stereocenters. The minimum Gasteiger partial charge on any atom is -0.311 e. The lowest BCUT2D eigenvalue weighted by atomic mass is 9.95. The van der Waals surface area contributed by atoms with Crippen LogP contribution < -0.4 is 4.90 Å². The second kappa shape index (κ2) is 11.0. The number of rotatable bonds is 5. The topological polar surface area (TPSA) is 50.8 Å². The Bertz CT molecular complexity index is 2040. The van der Waals surface area contributed by atoms with Gasteiger partial charge >= 0.3 is 0 Å². The summed E-state index contributed by atoms with van der Waals surface area (Å²) in [6, 6.07) is 56.2. The minimum absolute atomic E-state index is 0.684. The largest absolute Gasteiger partial charge is 0.311 e. The number of benzene rings is 7. The van der Waals surface area contributed by atoms with Gasteiger partial charge in [0, 0.05) is 27.8 Å². The average molecular weight is 548 g/mol. The average Bonchev–Trinajstić information content (AvgIpc) is 3.08. The first-order valence-corrected chi connectivity index (χ1v) is 14.1. The van der Waals surface area contributed by atoms with Gasteiger partial charge in [0.1, 0.15) is 0 Å². The highest BCUT2D eigenvalue weighted by atomic mass is 15.1. The van der Waals surface area contributed by atoms with Crippen LogP contribution in [-0.2, 0) is 0 Å². The predicted molar refractivity (Wildman–Crippen MR) is 176 cm³/mol. The summed E-state index contributed by atoms with van der Waals surface area (Å²) in [6.07, 6.45) is 0. The van der Waals surface area contributed by atoms with Crippen LogP contribution in [0.3, 0.4) is 0 Å². The Labute approximate surface area is 250 Å². The fourth-order valence-corrected chi connectivity index (χ4v) is 5.90. The third-order valence-electron chi connectivity index (χ3n) is 7.98. The van der Waals surface area contributed by atoms with Gasteiger partial charge in [0.25, 0.3) is 0 Å². The van der Waals surface area contributed by atoms with Gasteiger partial charge < -0.3 is 4.90 Å². The molecule has 7 aromatic carbocycles. The van der Waals surface area contributed by atoms with Crippen molar-refractivity contribution < 1.29 is 0 Å². The van der Waals surface area contributed by atoms with Crippen LogP contribution in [0.25, 0.3) is 43.8 Å². The zero-order chi connectivity index (χ0) is 29.2. The highest BCUT2D eigenvalue weighted by Crippen LogP contribution is 2.39. The minimum atomic E-state index is 0.684. The van der Waals surface area contributed by atoms with Gasteiger partial charge in [-0.05, 0) is 81.6 Å². The van der Waals surface area contributed by atoms with Crippen LogP contribution in [0.15, 0.2) is 152 Å². The molecule has 200 valence electrons. The molecule has 0 heterocycles. The maximum Gasteiger partial charge on any atom is 0.0998 e. The Hall–Kier alpha value is -6.16. The molecule has 7 rings (SSSR count). The number of hydrogen-bond donors (Lipinski definition) is 0. The molecular weight excluding hydrogens is 522 g/mol. The van der Waals surface area contributed by atoms with Gasteiger partial charge in [-0.1, -0.05) is 103 Å². The molecule has 43 heavy (non-hydrogen) atoms. The number of para-hydroxylation sites is 1. The Balaban J connectivity index is 1.28. The van der Waals surface area contributed by atoms with Crippen molar-refractivity contribution in [2.45, 2.75) is 0 Å². The summed E-state index contributed by atoms with van der Waals surface area (Å²) in [7, 11) is 0. The summed E-state index contributed by atoms with van der Waals surface area (Å²) < 4.78 is 0. The highest BCUT2D eigenvalue weighted by Gasteiger charge is 2.15. The highest BCUT2D eigenvalue weighted by molar-refractivity contribution is 6.01. The summed E-state index contributed by atoms with van der Waals surface area (Å²) in [5, 5.41) is 23.3. The van der Waals surface area contributed by atoms with Crippen molar-refractivity contribution in [3.8, 4) is 34.4 Å². The van der Waals surface area contributed by atoms with E-state index in [4.69, 9.17) is 0 Å². The summed E-state index contributed by atoms with van der Waals surface area (Å²) >= 11 is 0. The lowest BCUT2D eigenvalue weighted by molar-refractivity contribution is 1.28. The summed E-state index contributed by atoms with van der Waals surface area (Å²) in [6.45, 7) is 0. The molecule has 0 aliphatic carbocycles. The van der Waals surface area contributed by atoms with Gasteiger partial charge in [-0.3, -0.25) is 0 Å². The molecule has 0 unspecified atom stereocenters. The molecule has 0 aromatic heterocycles. The van der Waals surface area contributed by atoms with Crippen molar-refractivity contribution in [1.82, 2.24) is 0 Å². The van der Waals surface area contributed by atoms with E-state index in [0.717, 1.165) is 60.9 Å². The summed E-state index contributed by atoms with van der Waals surface area (Å²) in [5.74, 6) is 0. The van der Waals surface area contributed by atoms with E-state index in [9.17, 15) is 10.5 Å². The number of fused-ring (bicyclic) bond motifs is 2. The van der Waals surface area contributed by atoms with Crippen LogP contribution in [0.2, 0.25) is 0 Å². The monoisotopic (exact) mass is 547 g/mol. The maximum absolute atomic E-state index is 9.59. The molecule has 7 aromatic rings. The van der Waals surface area contributed by atoms with E-state index in [0.29, 0.717) is 11.1 Å². The van der Waals surface area contributed by atoms with Gasteiger partial charge in [0.05, 0.1) is 23.3 Å². The molecule has 0 fully saturated rings. The predicted octanol–water partition coefficient (Wildman–Crippen LogP) is 10.5. The normalized spacial score (nSPS) is 10.7. The summed E-state index contributed by atoms with van der Waals surface area (Å²) in [5.41, 5.74) is 8.93. The molecule has 0 N–H and O–H groups in total. The number of hydrogen-bond acceptors (Lipinski definition) is 3. The Morgan fingerprint density at radius 3 is 1.14 bits per heavy atom. The van der Waals surface area contributed by atoms with Crippen LogP contribution in [0.1, 0.15) is 11.1 Å². The van der Waals surface area contributed by atoms with Crippen LogP contribution >= 0.6 is 0 Å². The molecule has 3 nitrogen and oxygen atoms in total. The van der Waals surface area contributed by atoms with Crippen molar-refractivity contribution in [3.05, 3.63) is 163 Å². The molecule has 3 heteroatoms. The number of nitrogens with zero attached hydrogens (tertiary/aromatic N) is 3. The van der Waals surface area contributed by atoms with E-state index < -0.39 is 0 Å². The molecule has 0 aliphatic rings. The Morgan fingerprint density at radius 1 is 0.349 bits per heavy atom. The van der Waals surface area contributed by atoms with Gasteiger partial charge in [-0.25, -0.2) is 0 Å². The smallest absolute Gasteiger partial charge is 0.0998 e. The molecule has 0 radical (unpaired) electrons. The Kier molecular flexibility index (Phi) is 6.61. The van der Waals surface area contributed by atoms with Crippen LogP contribution in [-0.4, -0.2) is 0 Å². The molecule has 0 amide bonds. The maximum atomic E-state index is 9.59. The van der Waals surface area contributed by atoms with E-state index in [2.05, 4.69) is 102 Å². The zero-order valence-electron chi connectivity index (χ0n) is 23.3. The van der Waals surface area contributed by atoms with E-state index in [1.807, 2.05) is 66.7 Å². The fraction of sp³-hybridized carbons (Fsp3) is 0. The van der Waals surface area contributed by atoms with Gasteiger partial charge in [0.2, 0.25) is 0 Å². The fourth-order valence-electron chi connectivity index (χ4n) is 5.90. The van der Waals surface area contributed by atoms with E-state index in [-0.39, 0.29) is 0 Å². The van der Waals surface area contributed by atoms with Gasteiger partial charge in [-0.15, -0.1) is 0 Å². The van der Waals surface area contributed by atoms with Crippen molar-refractivity contribution in [3.63, 3.8) is 0 Å². The second-order valence-electron chi connectivity index (χ2n) is 10.4. The lowest BCUT2D eigenvalue weighted by Gasteiger charge is -2.26. The third kappa shape index (κ3) is 4.66. The quantitative estimate of drug-likeness (QED) is 0.215. The molecule has 0 aliphatic heterocycles. The molecule has 0 spiro atoms. The lowest BCUT2D eigenvalue weighted by Crippen LogP contribution is -2.09. The third-order valence-corrected chi connectivity index (χ3v) is 7.98. The van der Waals surface area contributed by atoms with Crippen molar-refractivity contribution in [1.29, 1.82) is 10.5 Å². The number of anilines is 3. The Morgan fingerprint density at radius 2 is 0.721 bits per heavy atom. The first kappa shape index (κ1) is 25.8. The van der Waals surface area contributed by atoms with Crippen molar-refractivity contribution in [2.24, 2.45) is 0 Å².